The van der Waals surface area contributed by atoms with Crippen LogP contribution in [0.1, 0.15) is 17.4 Å². The van der Waals surface area contributed by atoms with Gasteiger partial charge >= 0.3 is 0 Å². The summed E-state index contributed by atoms with van der Waals surface area (Å²) in [6, 6.07) is 8.88. The fraction of sp³-hybridized carbons (Fsp3) is 0.250. The van der Waals surface area contributed by atoms with Crippen LogP contribution in [0.5, 0.6) is 0 Å². The standard InChI is InChI=1S/C12H15N3O2/c1-8-4-2-3-5-10(8)15-12(17)6-9(14-15)11(16)7-13/h2-6,11,14,16H,7,13H2,1H3. The van der Waals surface area contributed by atoms with Gasteiger partial charge in [-0.2, -0.15) is 0 Å². The van der Waals surface area contributed by atoms with Gasteiger partial charge in [-0.15, -0.1) is 0 Å². The molecular weight excluding hydrogens is 218 g/mol. The molecule has 1 heterocycles. The largest absolute Gasteiger partial charge is 0.385 e. The number of aliphatic hydroxyl groups is 1. The smallest absolute Gasteiger partial charge is 0.271 e. The van der Waals surface area contributed by atoms with E-state index in [2.05, 4.69) is 5.10 Å². The Bertz CT molecular complexity index is 571. The Morgan fingerprint density at radius 1 is 1.47 bits per heavy atom. The second kappa shape index (κ2) is 4.57. The molecule has 1 aromatic carbocycles. The van der Waals surface area contributed by atoms with Crippen LogP contribution in [0.25, 0.3) is 5.69 Å². The molecule has 2 rings (SSSR count). The van der Waals surface area contributed by atoms with Gasteiger partial charge in [-0.3, -0.25) is 9.89 Å². The maximum absolute atomic E-state index is 11.8. The minimum atomic E-state index is -0.840. The molecule has 0 amide bonds. The highest BCUT2D eigenvalue weighted by Crippen LogP contribution is 2.12. The van der Waals surface area contributed by atoms with E-state index in [0.29, 0.717) is 5.69 Å². The number of para-hydroxylation sites is 1. The molecule has 0 fully saturated rings. The topological polar surface area (TPSA) is 84.0 Å². The van der Waals surface area contributed by atoms with Crippen molar-refractivity contribution in [3.8, 4) is 5.69 Å². The lowest BCUT2D eigenvalue weighted by atomic mass is 10.2. The first-order valence-corrected chi connectivity index (χ1v) is 5.39. The third kappa shape index (κ3) is 2.15. The summed E-state index contributed by atoms with van der Waals surface area (Å²) in [5.74, 6) is 0. The van der Waals surface area contributed by atoms with E-state index in [9.17, 15) is 9.90 Å². The van der Waals surface area contributed by atoms with Crippen LogP contribution in [0.4, 0.5) is 0 Å². The second-order valence-corrected chi connectivity index (χ2v) is 3.92. The Kier molecular flexibility index (Phi) is 3.12. The molecule has 90 valence electrons. The Balaban J connectivity index is 2.51. The zero-order valence-electron chi connectivity index (χ0n) is 9.55. The summed E-state index contributed by atoms with van der Waals surface area (Å²) in [5.41, 5.74) is 7.32. The van der Waals surface area contributed by atoms with Gasteiger partial charge in [-0.1, -0.05) is 18.2 Å². The van der Waals surface area contributed by atoms with Crippen LogP contribution >= 0.6 is 0 Å². The molecule has 0 aliphatic rings. The first-order chi connectivity index (χ1) is 8.13. The van der Waals surface area contributed by atoms with Gasteiger partial charge < -0.3 is 10.8 Å². The number of rotatable bonds is 3. The van der Waals surface area contributed by atoms with Crippen LogP contribution in [0.15, 0.2) is 35.1 Å². The average Bonchev–Trinajstić information content (AvgIpc) is 2.71. The first-order valence-electron chi connectivity index (χ1n) is 5.39. The molecular formula is C12H15N3O2. The molecule has 4 N–H and O–H groups in total. The number of hydrogen-bond donors (Lipinski definition) is 3. The Hall–Kier alpha value is -1.85. The summed E-state index contributed by atoms with van der Waals surface area (Å²) < 4.78 is 1.41. The number of aliphatic hydroxyl groups excluding tert-OH is 1. The zero-order valence-corrected chi connectivity index (χ0v) is 9.55. The molecule has 5 nitrogen and oxygen atoms in total. The monoisotopic (exact) mass is 233 g/mol. The van der Waals surface area contributed by atoms with E-state index in [1.54, 1.807) is 0 Å². The van der Waals surface area contributed by atoms with Crippen LogP contribution < -0.4 is 11.3 Å². The summed E-state index contributed by atoms with van der Waals surface area (Å²) in [6.07, 6.45) is -0.840. The zero-order chi connectivity index (χ0) is 12.4. The molecule has 1 atom stereocenters. The first kappa shape index (κ1) is 11.6. The summed E-state index contributed by atoms with van der Waals surface area (Å²) in [5, 5.41) is 12.4. The lowest BCUT2D eigenvalue weighted by Gasteiger charge is -2.07. The second-order valence-electron chi connectivity index (χ2n) is 3.92. The van der Waals surface area contributed by atoms with Gasteiger partial charge in [0.15, 0.2) is 0 Å². The number of aryl methyl sites for hydroxylation is 1. The number of nitrogens with two attached hydrogens (primary N) is 1. The van der Waals surface area contributed by atoms with E-state index in [1.807, 2.05) is 31.2 Å². The lowest BCUT2D eigenvalue weighted by Crippen LogP contribution is -2.15. The highest BCUT2D eigenvalue weighted by atomic mass is 16.3. The number of nitrogens with one attached hydrogen (secondary N) is 1. The fourth-order valence-electron chi connectivity index (χ4n) is 1.70. The highest BCUT2D eigenvalue weighted by Gasteiger charge is 2.12. The van der Waals surface area contributed by atoms with E-state index >= 15 is 0 Å². The Morgan fingerprint density at radius 2 is 2.18 bits per heavy atom. The quantitative estimate of drug-likeness (QED) is 0.720. The van der Waals surface area contributed by atoms with Crippen LogP contribution in [0.2, 0.25) is 0 Å². The van der Waals surface area contributed by atoms with Gasteiger partial charge in [0.25, 0.3) is 5.56 Å². The van der Waals surface area contributed by atoms with Crippen molar-refractivity contribution < 1.29 is 5.11 Å². The summed E-state index contributed by atoms with van der Waals surface area (Å²) >= 11 is 0. The number of H-pyrrole nitrogens is 1. The van der Waals surface area contributed by atoms with Crippen molar-refractivity contribution in [3.63, 3.8) is 0 Å². The summed E-state index contributed by atoms with van der Waals surface area (Å²) in [7, 11) is 0. The van der Waals surface area contributed by atoms with Gasteiger partial charge in [0.2, 0.25) is 0 Å². The minimum absolute atomic E-state index is 0.0771. The van der Waals surface area contributed by atoms with E-state index in [1.165, 1.54) is 10.7 Å². The average molecular weight is 233 g/mol. The van der Waals surface area contributed by atoms with E-state index in [0.717, 1.165) is 11.3 Å². The molecule has 0 aliphatic carbocycles. The van der Waals surface area contributed by atoms with Gasteiger partial charge in [0.1, 0.15) is 6.10 Å². The molecule has 0 saturated heterocycles. The van der Waals surface area contributed by atoms with E-state index in [-0.39, 0.29) is 12.1 Å². The van der Waals surface area contributed by atoms with Crippen molar-refractivity contribution in [2.45, 2.75) is 13.0 Å². The molecule has 5 heteroatoms. The minimum Gasteiger partial charge on any atom is -0.385 e. The van der Waals surface area contributed by atoms with E-state index < -0.39 is 6.10 Å². The van der Waals surface area contributed by atoms with Gasteiger partial charge in [-0.25, -0.2) is 4.68 Å². The molecule has 2 aromatic rings. The van der Waals surface area contributed by atoms with Crippen molar-refractivity contribution in [2.75, 3.05) is 6.54 Å². The van der Waals surface area contributed by atoms with Crippen LogP contribution in [0, 0.1) is 6.92 Å². The van der Waals surface area contributed by atoms with Gasteiger partial charge in [0.05, 0.1) is 11.4 Å². The Morgan fingerprint density at radius 3 is 2.82 bits per heavy atom. The van der Waals surface area contributed by atoms with Crippen molar-refractivity contribution in [1.29, 1.82) is 0 Å². The predicted octanol–water partition coefficient (Wildman–Crippen LogP) is 0.466. The summed E-state index contributed by atoms with van der Waals surface area (Å²) in [4.78, 5) is 11.8. The molecule has 0 spiro atoms. The summed E-state index contributed by atoms with van der Waals surface area (Å²) in [6.45, 7) is 2.00. The number of benzene rings is 1. The van der Waals surface area contributed by atoms with Crippen LogP contribution in [-0.4, -0.2) is 21.4 Å². The number of aromatic amines is 1. The molecule has 1 unspecified atom stereocenters. The van der Waals surface area contributed by atoms with Crippen LogP contribution in [0.3, 0.4) is 0 Å². The lowest BCUT2D eigenvalue weighted by molar-refractivity contribution is 0.181. The normalized spacial score (nSPS) is 12.6. The van der Waals surface area contributed by atoms with Gasteiger partial charge in [0, 0.05) is 12.6 Å². The molecule has 0 radical (unpaired) electrons. The Labute approximate surface area is 98.5 Å². The molecule has 17 heavy (non-hydrogen) atoms. The predicted molar refractivity (Wildman–Crippen MR) is 65.1 cm³/mol. The third-order valence-corrected chi connectivity index (χ3v) is 2.68. The third-order valence-electron chi connectivity index (χ3n) is 2.68. The molecule has 0 aliphatic heterocycles. The molecule has 0 bridgehead atoms. The highest BCUT2D eigenvalue weighted by molar-refractivity contribution is 5.39. The number of aromatic nitrogens is 2. The van der Waals surface area contributed by atoms with Crippen molar-refractivity contribution in [1.82, 2.24) is 9.78 Å². The molecule has 0 saturated carbocycles. The SMILES string of the molecule is Cc1ccccc1-n1[nH]c(C(O)CN)cc1=O. The van der Waals surface area contributed by atoms with E-state index in [4.69, 9.17) is 5.73 Å². The number of nitrogens with zero attached hydrogens (tertiary/aromatic N) is 1. The van der Waals surface area contributed by atoms with Crippen LogP contribution in [-0.2, 0) is 0 Å². The van der Waals surface area contributed by atoms with Crippen molar-refractivity contribution >= 4 is 0 Å². The maximum Gasteiger partial charge on any atom is 0.271 e. The van der Waals surface area contributed by atoms with Crippen molar-refractivity contribution in [3.05, 3.63) is 51.9 Å². The maximum atomic E-state index is 11.8. The van der Waals surface area contributed by atoms with Gasteiger partial charge in [-0.05, 0) is 18.6 Å². The number of hydrogen-bond acceptors (Lipinski definition) is 3. The fourth-order valence-corrected chi connectivity index (χ4v) is 1.70. The van der Waals surface area contributed by atoms with Crippen molar-refractivity contribution in [2.24, 2.45) is 5.73 Å². The molecule has 1 aromatic heterocycles.